The summed E-state index contributed by atoms with van der Waals surface area (Å²) in [7, 11) is 0. The lowest BCUT2D eigenvalue weighted by molar-refractivity contribution is -0.385. The molecule has 0 saturated heterocycles. The average molecular weight is 370 g/mol. The number of rotatable bonds is 4. The van der Waals surface area contributed by atoms with Crippen molar-refractivity contribution >= 4 is 5.69 Å². The molecular weight excluding hydrogens is 344 g/mol. The summed E-state index contributed by atoms with van der Waals surface area (Å²) in [5.41, 5.74) is 3.08. The number of nitro groups is 1. The Balaban J connectivity index is 1.82. The number of benzene rings is 1. The van der Waals surface area contributed by atoms with E-state index in [-0.39, 0.29) is 21.6 Å². The first-order valence-electron chi connectivity index (χ1n) is 9.30. The average Bonchev–Trinajstić information content (AvgIpc) is 2.61. The van der Waals surface area contributed by atoms with E-state index in [1.807, 2.05) is 39.8 Å². The molecule has 0 bridgehead atoms. The van der Waals surface area contributed by atoms with Gasteiger partial charge in [0.25, 0.3) is 11.2 Å². The molecule has 7 nitrogen and oxygen atoms in total. The lowest BCUT2D eigenvalue weighted by Gasteiger charge is -2.29. The number of nitrogens with one attached hydrogen (secondary N) is 1. The molecule has 1 N–H and O–H groups in total. The minimum Gasteiger partial charge on any atom is -0.310 e. The van der Waals surface area contributed by atoms with Crippen molar-refractivity contribution in [1.29, 1.82) is 0 Å². The first kappa shape index (κ1) is 19.2. The van der Waals surface area contributed by atoms with E-state index in [1.54, 1.807) is 6.07 Å². The molecule has 2 aromatic rings. The Labute approximate surface area is 158 Å². The summed E-state index contributed by atoms with van der Waals surface area (Å²) in [6.07, 6.45) is 1.34. The van der Waals surface area contributed by atoms with Crippen LogP contribution in [0.3, 0.4) is 0 Å². The van der Waals surface area contributed by atoms with Gasteiger partial charge < -0.3 is 4.98 Å². The van der Waals surface area contributed by atoms with Crippen molar-refractivity contribution in [3.8, 4) is 0 Å². The maximum absolute atomic E-state index is 12.5. The van der Waals surface area contributed by atoms with Gasteiger partial charge in [0.1, 0.15) is 5.82 Å². The lowest BCUT2D eigenvalue weighted by atomic mass is 9.95. The zero-order chi connectivity index (χ0) is 19.8. The molecule has 0 spiro atoms. The van der Waals surface area contributed by atoms with Crippen LogP contribution in [0.5, 0.6) is 0 Å². The highest BCUT2D eigenvalue weighted by Crippen LogP contribution is 2.24. The number of hydrogen-bond acceptors (Lipinski definition) is 5. The van der Waals surface area contributed by atoms with Crippen LogP contribution in [0.15, 0.2) is 23.0 Å². The van der Waals surface area contributed by atoms with Crippen LogP contribution in [0.2, 0.25) is 0 Å². The van der Waals surface area contributed by atoms with Crippen LogP contribution < -0.4 is 5.56 Å². The van der Waals surface area contributed by atoms with E-state index >= 15 is 0 Å². The van der Waals surface area contributed by atoms with Gasteiger partial charge >= 0.3 is 0 Å². The van der Waals surface area contributed by atoms with E-state index in [2.05, 4.69) is 14.9 Å². The summed E-state index contributed by atoms with van der Waals surface area (Å²) in [6, 6.07) is 5.42. The van der Waals surface area contributed by atoms with Crippen LogP contribution in [0, 0.1) is 10.1 Å². The Morgan fingerprint density at radius 1 is 1.33 bits per heavy atom. The molecule has 0 unspecified atom stereocenters. The maximum atomic E-state index is 12.5. The Morgan fingerprint density at radius 3 is 2.70 bits per heavy atom. The Bertz CT molecular complexity index is 928. The highest BCUT2D eigenvalue weighted by Gasteiger charge is 2.25. The molecule has 1 aromatic heterocycles. The Morgan fingerprint density at radius 2 is 2.07 bits per heavy atom. The second kappa shape index (κ2) is 7.23. The normalized spacial score (nSPS) is 14.8. The van der Waals surface area contributed by atoms with Crippen molar-refractivity contribution in [1.82, 2.24) is 14.9 Å². The summed E-state index contributed by atoms with van der Waals surface area (Å²) < 4.78 is 0. The summed E-state index contributed by atoms with van der Waals surface area (Å²) >= 11 is 0. The predicted octanol–water partition coefficient (Wildman–Crippen LogP) is 3.10. The molecule has 0 radical (unpaired) electrons. The van der Waals surface area contributed by atoms with Gasteiger partial charge in [-0.3, -0.25) is 19.8 Å². The molecule has 0 saturated carbocycles. The van der Waals surface area contributed by atoms with Gasteiger partial charge in [-0.05, 0) is 12.0 Å². The second-order valence-electron chi connectivity index (χ2n) is 8.12. The zero-order valence-corrected chi connectivity index (χ0v) is 16.3. The summed E-state index contributed by atoms with van der Waals surface area (Å²) in [5, 5.41) is 11.3. The van der Waals surface area contributed by atoms with Gasteiger partial charge in [0, 0.05) is 43.1 Å². The molecule has 1 aliphatic heterocycles. The number of fused-ring (bicyclic) bond motifs is 1. The Hall–Kier alpha value is -2.54. The van der Waals surface area contributed by atoms with Gasteiger partial charge in [-0.15, -0.1) is 0 Å². The second-order valence-corrected chi connectivity index (χ2v) is 8.12. The smallest absolute Gasteiger partial charge is 0.272 e. The molecular formula is C20H26N4O3. The van der Waals surface area contributed by atoms with Crippen LogP contribution in [-0.4, -0.2) is 26.3 Å². The highest BCUT2D eigenvalue weighted by atomic mass is 16.6. The van der Waals surface area contributed by atoms with E-state index in [0.29, 0.717) is 37.3 Å². The van der Waals surface area contributed by atoms with E-state index in [0.717, 1.165) is 23.4 Å². The molecule has 0 atom stereocenters. The topological polar surface area (TPSA) is 92.1 Å². The Kier molecular flexibility index (Phi) is 5.15. The van der Waals surface area contributed by atoms with Gasteiger partial charge in [-0.25, -0.2) is 4.98 Å². The summed E-state index contributed by atoms with van der Waals surface area (Å²) in [6.45, 7) is 9.85. The first-order valence-corrected chi connectivity index (χ1v) is 9.30. The molecule has 144 valence electrons. The van der Waals surface area contributed by atoms with Gasteiger partial charge in [0.15, 0.2) is 0 Å². The van der Waals surface area contributed by atoms with E-state index in [4.69, 9.17) is 0 Å². The number of aromatic nitrogens is 2. The number of aromatic amines is 1. The van der Waals surface area contributed by atoms with Crippen LogP contribution in [0.25, 0.3) is 0 Å². The third-order valence-corrected chi connectivity index (χ3v) is 4.99. The van der Waals surface area contributed by atoms with Crippen LogP contribution in [0.1, 0.15) is 55.9 Å². The molecule has 0 fully saturated rings. The van der Waals surface area contributed by atoms with Crippen molar-refractivity contribution < 1.29 is 4.92 Å². The number of hydrogen-bond donors (Lipinski definition) is 1. The first-order chi connectivity index (χ1) is 12.7. The fourth-order valence-electron chi connectivity index (χ4n) is 3.41. The molecule has 3 rings (SSSR count). The molecule has 7 heteroatoms. The SMILES string of the molecule is CCc1ccc(CN2CCc3nc(C(C)(C)C)[nH]c(=O)c3C2)cc1[N+](=O)[O-]. The van der Waals surface area contributed by atoms with Crippen molar-refractivity contribution in [3.05, 3.63) is 66.9 Å². The molecule has 2 heterocycles. The van der Waals surface area contributed by atoms with Gasteiger partial charge in [-0.1, -0.05) is 39.8 Å². The minimum atomic E-state index is -0.323. The van der Waals surface area contributed by atoms with Gasteiger partial charge in [0.2, 0.25) is 0 Å². The monoisotopic (exact) mass is 370 g/mol. The summed E-state index contributed by atoms with van der Waals surface area (Å²) in [5.74, 6) is 0.713. The number of H-pyrrole nitrogens is 1. The largest absolute Gasteiger partial charge is 0.310 e. The number of nitrogens with zero attached hydrogens (tertiary/aromatic N) is 3. The minimum absolute atomic E-state index is 0.0815. The number of aryl methyl sites for hydroxylation is 1. The molecule has 0 amide bonds. The van der Waals surface area contributed by atoms with Crippen molar-refractivity contribution in [2.24, 2.45) is 0 Å². The van der Waals surface area contributed by atoms with Crippen molar-refractivity contribution in [2.75, 3.05) is 6.54 Å². The van der Waals surface area contributed by atoms with Crippen LogP contribution >= 0.6 is 0 Å². The lowest BCUT2D eigenvalue weighted by Crippen LogP contribution is -2.37. The fourth-order valence-corrected chi connectivity index (χ4v) is 3.41. The highest BCUT2D eigenvalue weighted by molar-refractivity contribution is 5.43. The number of nitro benzene ring substituents is 1. The van der Waals surface area contributed by atoms with Crippen LogP contribution in [0.4, 0.5) is 5.69 Å². The zero-order valence-electron chi connectivity index (χ0n) is 16.3. The van der Waals surface area contributed by atoms with E-state index in [9.17, 15) is 14.9 Å². The van der Waals surface area contributed by atoms with E-state index < -0.39 is 0 Å². The predicted molar refractivity (Wildman–Crippen MR) is 104 cm³/mol. The molecule has 27 heavy (non-hydrogen) atoms. The summed E-state index contributed by atoms with van der Waals surface area (Å²) in [4.78, 5) is 33.2. The quantitative estimate of drug-likeness (QED) is 0.659. The fraction of sp³-hybridized carbons (Fsp3) is 0.500. The molecule has 0 aliphatic carbocycles. The third kappa shape index (κ3) is 4.08. The maximum Gasteiger partial charge on any atom is 0.272 e. The van der Waals surface area contributed by atoms with E-state index in [1.165, 1.54) is 0 Å². The van der Waals surface area contributed by atoms with Crippen LogP contribution in [-0.2, 0) is 31.3 Å². The van der Waals surface area contributed by atoms with Gasteiger partial charge in [-0.2, -0.15) is 0 Å². The van der Waals surface area contributed by atoms with Gasteiger partial charge in [0.05, 0.1) is 16.2 Å². The third-order valence-electron chi connectivity index (χ3n) is 4.99. The standard InChI is InChI=1S/C20H26N4O3/c1-5-14-7-6-13(10-17(14)24(26)27)11-23-9-8-16-15(12-23)18(25)22-19(21-16)20(2,3)4/h6-7,10H,5,8-9,11-12H2,1-4H3,(H,21,22,25). The van der Waals surface area contributed by atoms with Crippen molar-refractivity contribution in [2.45, 2.75) is 59.0 Å². The van der Waals surface area contributed by atoms with Crippen molar-refractivity contribution in [3.63, 3.8) is 0 Å². The molecule has 1 aromatic carbocycles. The molecule has 1 aliphatic rings.